The largest absolute Gasteiger partial charge is 0.483 e. The Labute approximate surface area is 259 Å². The average Bonchev–Trinajstić information content (AvgIpc) is 3.68. The predicted molar refractivity (Wildman–Crippen MR) is 161 cm³/mol. The molecule has 1 aliphatic carbocycles. The molecule has 0 radical (unpaired) electrons. The number of carbonyl (C=O) groups excluding carboxylic acids is 2. The van der Waals surface area contributed by atoms with Crippen molar-refractivity contribution in [2.24, 2.45) is 10.3 Å². The molecule has 4 atom stereocenters. The smallest absolute Gasteiger partial charge is 0.287 e. The molecule has 0 unspecified atom stereocenters. The second-order valence-corrected chi connectivity index (χ2v) is 14.4. The van der Waals surface area contributed by atoms with Crippen molar-refractivity contribution in [1.82, 2.24) is 19.5 Å². The van der Waals surface area contributed by atoms with Gasteiger partial charge in [-0.25, -0.2) is 18.1 Å². The Morgan fingerprint density at radius 3 is 2.58 bits per heavy atom. The molecule has 0 spiro atoms. The minimum atomic E-state index is -2.82. The Bertz CT molecular complexity index is 1760. The van der Waals surface area contributed by atoms with Gasteiger partial charge in [0.05, 0.1) is 34.2 Å². The first-order valence-electron chi connectivity index (χ1n) is 15.1. The summed E-state index contributed by atoms with van der Waals surface area (Å²) >= 11 is 0. The number of hydrogen-bond donors (Lipinski definition) is 1. The lowest BCUT2D eigenvalue weighted by Crippen LogP contribution is -2.47. The van der Waals surface area contributed by atoms with E-state index in [0.29, 0.717) is 42.3 Å². The molecule has 3 aliphatic heterocycles. The van der Waals surface area contributed by atoms with Crippen molar-refractivity contribution in [3.63, 3.8) is 0 Å². The van der Waals surface area contributed by atoms with Crippen LogP contribution in [0.2, 0.25) is 0 Å². The highest BCUT2D eigenvalue weighted by molar-refractivity contribution is 7.94. The topological polar surface area (TPSA) is 146 Å². The van der Waals surface area contributed by atoms with Gasteiger partial charge in [-0.2, -0.15) is 9.46 Å². The van der Waals surface area contributed by atoms with Crippen LogP contribution in [0.3, 0.4) is 0 Å². The number of aryl methyl sites for hydroxylation is 1. The van der Waals surface area contributed by atoms with Gasteiger partial charge >= 0.3 is 0 Å². The number of halogens is 1. The van der Waals surface area contributed by atoms with Crippen LogP contribution in [0.5, 0.6) is 5.75 Å². The van der Waals surface area contributed by atoms with Gasteiger partial charge in [-0.3, -0.25) is 9.59 Å². The third kappa shape index (κ3) is 5.66. The summed E-state index contributed by atoms with van der Waals surface area (Å²) in [5.74, 6) is 0.000770. The summed E-state index contributed by atoms with van der Waals surface area (Å²) < 4.78 is 56.9. The predicted octanol–water partition coefficient (Wildman–Crippen LogP) is 2.73. The van der Waals surface area contributed by atoms with E-state index in [9.17, 15) is 18.2 Å². The van der Waals surface area contributed by atoms with Crippen molar-refractivity contribution in [1.29, 1.82) is 0 Å². The number of amides is 2. The number of anilines is 2. The van der Waals surface area contributed by atoms with Gasteiger partial charge in [-0.05, 0) is 37.5 Å². The molecule has 240 valence electrons. The van der Waals surface area contributed by atoms with E-state index < -0.39 is 27.6 Å². The van der Waals surface area contributed by atoms with Crippen molar-refractivity contribution in [2.45, 2.75) is 50.6 Å². The minimum Gasteiger partial charge on any atom is -0.483 e. The summed E-state index contributed by atoms with van der Waals surface area (Å²) in [6.45, 7) is 3.04. The number of ether oxygens (including phenoxy) is 4. The minimum absolute atomic E-state index is 0.0738. The average molecular weight is 643 g/mol. The molecule has 3 saturated heterocycles. The normalized spacial score (nSPS) is 26.0. The van der Waals surface area contributed by atoms with Crippen molar-refractivity contribution in [3.05, 3.63) is 47.7 Å². The fourth-order valence-corrected chi connectivity index (χ4v) is 8.13. The van der Waals surface area contributed by atoms with Crippen LogP contribution in [-0.4, -0.2) is 105 Å². The van der Waals surface area contributed by atoms with Crippen LogP contribution in [-0.2, 0) is 28.7 Å². The molecule has 3 aromatic rings. The van der Waals surface area contributed by atoms with Crippen LogP contribution in [0, 0.1) is 18.7 Å². The van der Waals surface area contributed by atoms with Gasteiger partial charge in [0, 0.05) is 49.9 Å². The molecule has 45 heavy (non-hydrogen) atoms. The zero-order valence-electron chi connectivity index (χ0n) is 25.0. The number of methoxy groups -OCH3 is 1. The molecular formula is C30H35FN6O7S. The fraction of sp³-hybridized carbons (Fsp3) is 0.533. The number of nitrogens with zero attached hydrogens (tertiary/aromatic N) is 5. The van der Waals surface area contributed by atoms with Crippen molar-refractivity contribution in [3.8, 4) is 5.75 Å². The first kappa shape index (κ1) is 30.0. The summed E-state index contributed by atoms with van der Waals surface area (Å²) in [5, 5.41) is 7.47. The van der Waals surface area contributed by atoms with E-state index in [1.165, 1.54) is 35.2 Å². The summed E-state index contributed by atoms with van der Waals surface area (Å²) in [7, 11) is -1.22. The van der Waals surface area contributed by atoms with Gasteiger partial charge in [0.2, 0.25) is 5.91 Å². The number of carbonyl (C=O) groups is 2. The van der Waals surface area contributed by atoms with Crippen LogP contribution in [0.4, 0.5) is 15.9 Å². The van der Waals surface area contributed by atoms with Gasteiger partial charge < -0.3 is 29.2 Å². The summed E-state index contributed by atoms with van der Waals surface area (Å²) in [4.78, 5) is 32.1. The molecule has 1 saturated carbocycles. The first-order valence-corrected chi connectivity index (χ1v) is 17.0. The number of rotatable bonds is 7. The molecule has 1 N–H and O–H groups in total. The van der Waals surface area contributed by atoms with Gasteiger partial charge in [0.25, 0.3) is 5.91 Å². The molecule has 4 fully saturated rings. The van der Waals surface area contributed by atoms with Crippen LogP contribution in [0.25, 0.3) is 5.52 Å². The fourth-order valence-electron chi connectivity index (χ4n) is 6.33. The maximum absolute atomic E-state index is 14.4. The lowest BCUT2D eigenvalue weighted by atomic mass is 9.84. The second-order valence-electron chi connectivity index (χ2n) is 11.9. The van der Waals surface area contributed by atoms with E-state index in [4.69, 9.17) is 18.9 Å². The zero-order chi connectivity index (χ0) is 31.3. The maximum atomic E-state index is 14.4. The lowest BCUT2D eigenvalue weighted by Gasteiger charge is -2.34. The van der Waals surface area contributed by atoms with Crippen molar-refractivity contribution >= 4 is 38.6 Å². The molecule has 0 bridgehead atoms. The van der Waals surface area contributed by atoms with Crippen LogP contribution in [0.15, 0.2) is 35.1 Å². The summed E-state index contributed by atoms with van der Waals surface area (Å²) in [6, 6.07) is 4.11. The lowest BCUT2D eigenvalue weighted by molar-refractivity contribution is -0.137. The Morgan fingerprint density at radius 1 is 1.13 bits per heavy atom. The molecule has 2 amide bonds. The molecule has 15 heteroatoms. The third-order valence-electron chi connectivity index (χ3n) is 9.17. The van der Waals surface area contributed by atoms with Gasteiger partial charge in [-0.15, -0.1) is 0 Å². The maximum Gasteiger partial charge on any atom is 0.287 e. The highest BCUT2D eigenvalue weighted by atomic mass is 32.2. The van der Waals surface area contributed by atoms with Crippen LogP contribution >= 0.6 is 0 Å². The van der Waals surface area contributed by atoms with E-state index in [0.717, 1.165) is 19.3 Å². The molecule has 5 heterocycles. The second kappa shape index (κ2) is 11.9. The number of fused-ring (bicyclic) bond motifs is 2. The molecule has 4 aliphatic rings. The van der Waals surface area contributed by atoms with Crippen molar-refractivity contribution in [2.75, 3.05) is 50.2 Å². The number of benzene rings is 1. The first-order chi connectivity index (χ1) is 21.7. The zero-order valence-corrected chi connectivity index (χ0v) is 25.8. The van der Waals surface area contributed by atoms with E-state index in [1.807, 2.05) is 0 Å². The monoisotopic (exact) mass is 642 g/mol. The van der Waals surface area contributed by atoms with Crippen molar-refractivity contribution < 1.29 is 37.1 Å². The van der Waals surface area contributed by atoms with E-state index in [2.05, 4.69) is 19.8 Å². The Hall–Kier alpha value is -3.66. The number of nitrogens with one attached hydrogen (secondary N) is 1. The van der Waals surface area contributed by atoms with E-state index >= 15 is 0 Å². The number of hydrogen-bond acceptors (Lipinski definition) is 10. The highest BCUT2D eigenvalue weighted by Gasteiger charge is 2.49. The highest BCUT2D eigenvalue weighted by Crippen LogP contribution is 2.36. The Morgan fingerprint density at radius 2 is 1.87 bits per heavy atom. The Kier molecular flexibility index (Phi) is 7.96. The van der Waals surface area contributed by atoms with E-state index in [-0.39, 0.29) is 59.6 Å². The van der Waals surface area contributed by atoms with Crippen LogP contribution in [0.1, 0.15) is 35.2 Å². The summed E-state index contributed by atoms with van der Waals surface area (Å²) in [6.07, 6.45) is 4.44. The van der Waals surface area contributed by atoms with E-state index in [1.54, 1.807) is 18.9 Å². The van der Waals surface area contributed by atoms with Gasteiger partial charge in [-0.1, -0.05) is 6.42 Å². The third-order valence-corrected chi connectivity index (χ3v) is 11.3. The molecule has 2 aromatic heterocycles. The van der Waals surface area contributed by atoms with Gasteiger partial charge in [0.15, 0.2) is 11.9 Å². The molecule has 7 rings (SSSR count). The Balaban J connectivity index is 1.11. The van der Waals surface area contributed by atoms with Gasteiger partial charge in [0.1, 0.15) is 41.7 Å². The standard InChI is InChI=1S/C30H35FN6O7S/c1-17-20(29(38)35-45(40)10-8-36(9-11-45)30(39)18-4-3-5-18)13-37-25(17)28(32-16-33-37)34-21-7-6-19(31)12-22(21)44-24-15-43-26-23(41-2)14-42-27(24)26/h6-7,12-13,16,18,23-24,26-27H,3-5,8-11,14-15H2,1-2H3,(H,32,33,34)/t23-,24-,26-,27-/m1/s1. The molecular weight excluding hydrogens is 607 g/mol. The quantitative estimate of drug-likeness (QED) is 0.408. The van der Waals surface area contributed by atoms with Crippen LogP contribution < -0.4 is 10.1 Å². The molecule has 1 aromatic carbocycles. The SMILES string of the molecule is CO[C@@H]1CO[C@H]2[C@@H]1OC[C@H]2Oc1cc(F)ccc1Nc1ncnn2cc(C(=O)N=S3(=O)CCN(C(=O)C4CCC4)CC3)c(C)c12. The molecule has 13 nitrogen and oxygen atoms in total. The number of aromatic nitrogens is 3. The summed E-state index contributed by atoms with van der Waals surface area (Å²) in [5.41, 5.74) is 1.71.